The Morgan fingerprint density at radius 2 is 2.15 bits per heavy atom. The van der Waals surface area contributed by atoms with Crippen LogP contribution in [0.3, 0.4) is 0 Å². The molecule has 1 saturated heterocycles. The molecule has 26 heavy (non-hydrogen) atoms. The average Bonchev–Trinajstić information content (AvgIpc) is 3.33. The fraction of sp³-hybridized carbons (Fsp3) is 0.353. The topological polar surface area (TPSA) is 109 Å². The van der Waals surface area contributed by atoms with Crippen molar-refractivity contribution in [2.24, 2.45) is 0 Å². The number of fused-ring (bicyclic) bond motifs is 1. The number of sulfone groups is 1. The van der Waals surface area contributed by atoms with Crippen LogP contribution in [-0.2, 0) is 21.1 Å². The largest absolute Gasteiger partial charge is 0.410 e. The molecule has 8 nitrogen and oxygen atoms in total. The van der Waals surface area contributed by atoms with E-state index < -0.39 is 15.1 Å². The Kier molecular flexibility index (Phi) is 4.03. The minimum Gasteiger partial charge on any atom is -0.410 e. The van der Waals surface area contributed by atoms with Crippen LogP contribution in [0.4, 0.5) is 0 Å². The molecule has 4 rings (SSSR count). The minimum absolute atomic E-state index is 0.0450. The molecule has 0 saturated carbocycles. The first kappa shape index (κ1) is 16.8. The lowest BCUT2D eigenvalue weighted by atomic mass is 10.1. The molecule has 3 aromatic rings. The highest BCUT2D eigenvalue weighted by Crippen LogP contribution is 2.32. The van der Waals surface area contributed by atoms with Gasteiger partial charge in [-0.3, -0.25) is 4.79 Å². The molecular weight excluding hydrogens is 356 g/mol. The highest BCUT2D eigenvalue weighted by atomic mass is 32.2. The van der Waals surface area contributed by atoms with Gasteiger partial charge < -0.3 is 14.3 Å². The summed E-state index contributed by atoms with van der Waals surface area (Å²) in [5.74, 6) is 0.131. The summed E-state index contributed by atoms with van der Waals surface area (Å²) in [6.07, 6.45) is 4.60. The van der Waals surface area contributed by atoms with Gasteiger partial charge in [-0.15, -0.1) is 5.10 Å². The lowest BCUT2D eigenvalue weighted by Crippen LogP contribution is -2.32. The van der Waals surface area contributed by atoms with Crippen LogP contribution in [-0.4, -0.2) is 47.2 Å². The predicted octanol–water partition coefficient (Wildman–Crippen LogP) is 1.86. The molecule has 1 N–H and O–H groups in total. The van der Waals surface area contributed by atoms with Gasteiger partial charge >= 0.3 is 5.22 Å². The van der Waals surface area contributed by atoms with Crippen molar-refractivity contribution in [3.05, 3.63) is 41.9 Å². The van der Waals surface area contributed by atoms with Crippen LogP contribution in [0, 0.1) is 0 Å². The summed E-state index contributed by atoms with van der Waals surface area (Å²) in [4.78, 5) is 17.7. The third kappa shape index (κ3) is 2.98. The predicted molar refractivity (Wildman–Crippen MR) is 93.1 cm³/mol. The van der Waals surface area contributed by atoms with Gasteiger partial charge in [0.05, 0.1) is 6.42 Å². The Hall–Kier alpha value is -2.68. The van der Waals surface area contributed by atoms with Gasteiger partial charge in [0.2, 0.25) is 21.6 Å². The van der Waals surface area contributed by atoms with Crippen molar-refractivity contribution in [1.82, 2.24) is 20.1 Å². The molecule has 136 valence electrons. The van der Waals surface area contributed by atoms with E-state index in [0.717, 1.165) is 29.1 Å². The van der Waals surface area contributed by atoms with Crippen LogP contribution in [0.25, 0.3) is 10.9 Å². The number of likely N-dealkylation sites (tertiary alicyclic amines) is 1. The number of para-hydroxylation sites is 1. The molecule has 0 aliphatic carbocycles. The molecule has 1 fully saturated rings. The Morgan fingerprint density at radius 3 is 2.92 bits per heavy atom. The molecule has 1 amide bonds. The number of aromatic amines is 1. The van der Waals surface area contributed by atoms with Crippen molar-refractivity contribution in [1.29, 1.82) is 0 Å². The summed E-state index contributed by atoms with van der Waals surface area (Å²) < 4.78 is 28.4. The highest BCUT2D eigenvalue weighted by molar-refractivity contribution is 7.90. The maximum absolute atomic E-state index is 12.8. The highest BCUT2D eigenvalue weighted by Gasteiger charge is 2.34. The van der Waals surface area contributed by atoms with Crippen molar-refractivity contribution >= 4 is 26.6 Å². The van der Waals surface area contributed by atoms with Gasteiger partial charge in [0.15, 0.2) is 0 Å². The second-order valence-corrected chi connectivity index (χ2v) is 8.35. The van der Waals surface area contributed by atoms with E-state index in [-0.39, 0.29) is 24.3 Å². The standard InChI is InChI=1S/C17H18N4O4S/c1-26(23,24)17-20-19-16(25-17)14-7-4-8-21(14)15(22)9-11-10-18-13-6-3-2-5-12(11)13/h2-3,5-6,10,14,18H,4,7-9H2,1H3/t14-/m0/s1. The van der Waals surface area contributed by atoms with E-state index in [9.17, 15) is 13.2 Å². The van der Waals surface area contributed by atoms with E-state index in [0.29, 0.717) is 13.0 Å². The molecule has 0 spiro atoms. The molecule has 0 unspecified atom stereocenters. The Balaban J connectivity index is 1.56. The van der Waals surface area contributed by atoms with Crippen LogP contribution >= 0.6 is 0 Å². The SMILES string of the molecule is CS(=O)(=O)c1nnc([C@@H]2CCCN2C(=O)Cc2c[nH]c3ccccc23)o1. The maximum Gasteiger partial charge on any atom is 0.335 e. The third-order valence-electron chi connectivity index (χ3n) is 4.61. The number of carbonyl (C=O) groups excluding carboxylic acids is 1. The number of nitrogens with zero attached hydrogens (tertiary/aromatic N) is 3. The first-order valence-electron chi connectivity index (χ1n) is 8.31. The van der Waals surface area contributed by atoms with Gasteiger partial charge in [-0.05, 0) is 24.5 Å². The first-order valence-corrected chi connectivity index (χ1v) is 10.2. The first-order chi connectivity index (χ1) is 12.4. The zero-order chi connectivity index (χ0) is 18.3. The number of H-pyrrole nitrogens is 1. The monoisotopic (exact) mass is 374 g/mol. The van der Waals surface area contributed by atoms with E-state index in [1.807, 2.05) is 30.5 Å². The quantitative estimate of drug-likeness (QED) is 0.746. The van der Waals surface area contributed by atoms with Gasteiger partial charge in [0, 0.05) is 29.9 Å². The Labute approximate surface area is 150 Å². The fourth-order valence-corrected chi connectivity index (χ4v) is 3.80. The van der Waals surface area contributed by atoms with E-state index in [4.69, 9.17) is 4.42 Å². The summed E-state index contributed by atoms with van der Waals surface area (Å²) >= 11 is 0. The summed E-state index contributed by atoms with van der Waals surface area (Å²) in [7, 11) is -3.56. The average molecular weight is 374 g/mol. The van der Waals surface area contributed by atoms with E-state index in [1.165, 1.54) is 0 Å². The van der Waals surface area contributed by atoms with Gasteiger partial charge in [-0.1, -0.05) is 23.3 Å². The number of nitrogens with one attached hydrogen (secondary N) is 1. The molecule has 1 aliphatic rings. The smallest absolute Gasteiger partial charge is 0.335 e. The molecule has 1 aromatic carbocycles. The lowest BCUT2D eigenvalue weighted by molar-refractivity contribution is -0.131. The zero-order valence-electron chi connectivity index (χ0n) is 14.2. The lowest BCUT2D eigenvalue weighted by Gasteiger charge is -2.21. The number of amides is 1. The molecule has 1 aliphatic heterocycles. The summed E-state index contributed by atoms with van der Waals surface area (Å²) in [6.45, 7) is 0.586. The summed E-state index contributed by atoms with van der Waals surface area (Å²) in [6, 6.07) is 7.44. The van der Waals surface area contributed by atoms with Gasteiger partial charge in [0.1, 0.15) is 6.04 Å². The van der Waals surface area contributed by atoms with Gasteiger partial charge in [0.25, 0.3) is 0 Å². The Morgan fingerprint density at radius 1 is 1.35 bits per heavy atom. The second-order valence-electron chi connectivity index (χ2n) is 6.46. The van der Waals surface area contributed by atoms with Crippen LogP contribution in [0.15, 0.2) is 40.1 Å². The molecule has 3 heterocycles. The number of carbonyl (C=O) groups is 1. The van der Waals surface area contributed by atoms with Crippen molar-refractivity contribution in [2.75, 3.05) is 12.8 Å². The van der Waals surface area contributed by atoms with Crippen molar-refractivity contribution in [2.45, 2.75) is 30.5 Å². The third-order valence-corrected chi connectivity index (χ3v) is 5.41. The molecule has 1 atom stereocenters. The van der Waals surface area contributed by atoms with Crippen molar-refractivity contribution in [3.8, 4) is 0 Å². The maximum atomic E-state index is 12.8. The molecule has 9 heteroatoms. The van der Waals surface area contributed by atoms with Crippen molar-refractivity contribution in [3.63, 3.8) is 0 Å². The van der Waals surface area contributed by atoms with Gasteiger partial charge in [-0.2, -0.15) is 0 Å². The Bertz CT molecular complexity index is 1070. The molecule has 0 radical (unpaired) electrons. The van der Waals surface area contributed by atoms with Crippen molar-refractivity contribution < 1.29 is 17.6 Å². The summed E-state index contributed by atoms with van der Waals surface area (Å²) in [5.41, 5.74) is 1.92. The second kappa shape index (κ2) is 6.24. The number of hydrogen-bond donors (Lipinski definition) is 1. The van der Waals surface area contributed by atoms with E-state index in [1.54, 1.807) is 4.90 Å². The number of aromatic nitrogens is 3. The molecule has 0 bridgehead atoms. The zero-order valence-corrected chi connectivity index (χ0v) is 15.0. The fourth-order valence-electron chi connectivity index (χ4n) is 3.37. The summed E-state index contributed by atoms with van der Waals surface area (Å²) in [5, 5.41) is 8.05. The molecule has 2 aromatic heterocycles. The van der Waals surface area contributed by atoms with Crippen LogP contribution < -0.4 is 0 Å². The van der Waals surface area contributed by atoms with Crippen LogP contribution in [0.2, 0.25) is 0 Å². The van der Waals surface area contributed by atoms with Crippen LogP contribution in [0.1, 0.15) is 30.3 Å². The normalized spacial score (nSPS) is 17.9. The van der Waals surface area contributed by atoms with Gasteiger partial charge in [-0.25, -0.2) is 8.42 Å². The van der Waals surface area contributed by atoms with E-state index >= 15 is 0 Å². The van der Waals surface area contributed by atoms with E-state index in [2.05, 4.69) is 15.2 Å². The number of hydrogen-bond acceptors (Lipinski definition) is 6. The molecular formula is C17H18N4O4S. The number of benzene rings is 1. The number of rotatable bonds is 4. The van der Waals surface area contributed by atoms with Crippen LogP contribution in [0.5, 0.6) is 0 Å². The minimum atomic E-state index is -3.56.